The first-order valence-corrected chi connectivity index (χ1v) is 17.1. The van der Waals surface area contributed by atoms with Crippen LogP contribution in [-0.2, 0) is 30.9 Å². The van der Waals surface area contributed by atoms with Crippen LogP contribution in [0.5, 0.6) is 0 Å². The van der Waals surface area contributed by atoms with Crippen LogP contribution in [0.3, 0.4) is 0 Å². The summed E-state index contributed by atoms with van der Waals surface area (Å²) in [5, 5.41) is 8.47. The van der Waals surface area contributed by atoms with Crippen molar-refractivity contribution in [1.29, 1.82) is 0 Å². The molecule has 3 N–H and O–H groups in total. The summed E-state index contributed by atoms with van der Waals surface area (Å²) in [6, 6.07) is 22.0. The number of benzene rings is 3. The summed E-state index contributed by atoms with van der Waals surface area (Å²) in [5.41, 5.74) is 1.53. The fraction of sp³-hybridized carbons (Fsp3) is 0.333. The topological polar surface area (TPSA) is 156 Å². The second-order valence-corrected chi connectivity index (χ2v) is 13.0. The Balaban J connectivity index is 0.000000202. The molecule has 234 valence electrons. The molecule has 10 nitrogen and oxygen atoms in total. The molecule has 0 saturated heterocycles. The maximum Gasteiger partial charge on any atom is 0.266 e. The van der Waals surface area contributed by atoms with E-state index in [0.717, 1.165) is 12.0 Å². The number of hydrogen-bond donors (Lipinski definition) is 3. The summed E-state index contributed by atoms with van der Waals surface area (Å²) >= 11 is 5.04. The van der Waals surface area contributed by atoms with Gasteiger partial charge in [-0.2, -0.15) is 0 Å². The minimum absolute atomic E-state index is 0.0648. The van der Waals surface area contributed by atoms with Gasteiger partial charge in [0.05, 0.1) is 29.6 Å². The van der Waals surface area contributed by atoms with Crippen LogP contribution in [0.25, 0.3) is 0 Å². The zero-order valence-corrected chi connectivity index (χ0v) is 26.3. The summed E-state index contributed by atoms with van der Waals surface area (Å²) in [7, 11) is -7.11. The molecule has 3 aromatic carbocycles. The molecular weight excluding hydrogens is 616 g/mol. The maximum atomic E-state index is 11.1. The van der Waals surface area contributed by atoms with Gasteiger partial charge >= 0.3 is 0 Å². The standard InChI is InChI=1S/C9H20O.C7H7ClO.2C7H5NO3S/c1-2-3-4-5-6-7-8-9-10;8-9-6-7-4-2-1-3-5-7;2*9-7-5-3-1-2-4-6(5)12(10,11)8-7/h10H,2-9H2,1H3;1-5H,6H2;2*1-4H,(H,8,9). The monoisotopic (exact) mass is 652 g/mol. The molecule has 2 aliphatic heterocycles. The Bertz CT molecular complexity index is 1440. The fourth-order valence-corrected chi connectivity index (χ4v) is 6.42. The highest BCUT2D eigenvalue weighted by molar-refractivity contribution is 7.91. The van der Waals surface area contributed by atoms with Crippen LogP contribution < -0.4 is 9.44 Å². The van der Waals surface area contributed by atoms with Crippen LogP contribution in [0, 0.1) is 0 Å². The van der Waals surface area contributed by atoms with Gasteiger partial charge in [-0.25, -0.2) is 26.3 Å². The smallest absolute Gasteiger partial charge is 0.266 e. The Morgan fingerprint density at radius 2 is 1.07 bits per heavy atom. The lowest BCUT2D eigenvalue weighted by Gasteiger charge is -1.97. The molecule has 0 bridgehead atoms. The van der Waals surface area contributed by atoms with E-state index >= 15 is 0 Å². The predicted molar refractivity (Wildman–Crippen MR) is 164 cm³/mol. The number of hydrogen-bond acceptors (Lipinski definition) is 8. The van der Waals surface area contributed by atoms with Crippen LogP contribution in [0.2, 0.25) is 0 Å². The maximum absolute atomic E-state index is 11.1. The quantitative estimate of drug-likeness (QED) is 0.262. The average Bonchev–Trinajstić information content (AvgIpc) is 3.38. The summed E-state index contributed by atoms with van der Waals surface area (Å²) in [6.07, 6.45) is 8.93. The number of aliphatic hydroxyl groups is 1. The van der Waals surface area contributed by atoms with Gasteiger partial charge in [-0.1, -0.05) is 100 Å². The van der Waals surface area contributed by atoms with E-state index in [4.69, 9.17) is 17.0 Å². The molecule has 5 rings (SSSR count). The lowest BCUT2D eigenvalue weighted by atomic mass is 10.1. The molecule has 0 unspecified atom stereocenters. The minimum Gasteiger partial charge on any atom is -0.396 e. The van der Waals surface area contributed by atoms with E-state index in [1.165, 1.54) is 62.8 Å². The third-order valence-corrected chi connectivity index (χ3v) is 9.01. The highest BCUT2D eigenvalue weighted by Gasteiger charge is 2.32. The number of carbonyl (C=O) groups excluding carboxylic acids is 2. The van der Waals surface area contributed by atoms with Crippen molar-refractivity contribution in [3.05, 3.63) is 95.6 Å². The van der Waals surface area contributed by atoms with E-state index in [0.29, 0.717) is 13.2 Å². The van der Waals surface area contributed by atoms with E-state index < -0.39 is 31.9 Å². The molecule has 0 aliphatic carbocycles. The van der Waals surface area contributed by atoms with Crippen molar-refractivity contribution in [1.82, 2.24) is 9.44 Å². The molecule has 2 amide bonds. The summed E-state index contributed by atoms with van der Waals surface area (Å²) in [4.78, 5) is 22.1. The van der Waals surface area contributed by atoms with Gasteiger partial charge < -0.3 is 5.11 Å². The number of sulfonamides is 2. The molecule has 43 heavy (non-hydrogen) atoms. The zero-order valence-electron chi connectivity index (χ0n) is 23.9. The van der Waals surface area contributed by atoms with Crippen molar-refractivity contribution in [2.24, 2.45) is 0 Å². The molecule has 13 heteroatoms. The molecule has 2 aliphatic rings. The van der Waals surface area contributed by atoms with E-state index in [1.54, 1.807) is 24.3 Å². The Labute approximate surface area is 258 Å². The summed E-state index contributed by atoms with van der Waals surface area (Å²) in [5.74, 6) is -1.10. The van der Waals surface area contributed by atoms with Gasteiger partial charge in [-0.05, 0) is 36.2 Å². The summed E-state index contributed by atoms with van der Waals surface area (Å²) in [6.45, 7) is 3.07. The van der Waals surface area contributed by atoms with Crippen molar-refractivity contribution >= 4 is 43.7 Å². The van der Waals surface area contributed by atoms with Crippen LogP contribution in [0.4, 0.5) is 0 Å². The number of amides is 2. The highest BCUT2D eigenvalue weighted by Crippen LogP contribution is 2.21. The third kappa shape index (κ3) is 11.7. The molecule has 0 atom stereocenters. The third-order valence-electron chi connectivity index (χ3n) is 6.12. The first-order chi connectivity index (χ1) is 20.6. The lowest BCUT2D eigenvalue weighted by Crippen LogP contribution is -2.20. The van der Waals surface area contributed by atoms with Crippen molar-refractivity contribution in [2.45, 2.75) is 68.3 Å². The van der Waals surface area contributed by atoms with Crippen molar-refractivity contribution in [2.75, 3.05) is 6.61 Å². The van der Waals surface area contributed by atoms with Gasteiger partial charge in [0.2, 0.25) is 0 Å². The van der Waals surface area contributed by atoms with E-state index in [2.05, 4.69) is 11.2 Å². The second-order valence-electron chi connectivity index (χ2n) is 9.45. The van der Waals surface area contributed by atoms with Crippen LogP contribution in [-0.4, -0.2) is 40.4 Å². The largest absolute Gasteiger partial charge is 0.396 e. The Hall–Kier alpha value is -3.29. The molecule has 3 aromatic rings. The van der Waals surface area contributed by atoms with Crippen molar-refractivity contribution in [3.8, 4) is 0 Å². The van der Waals surface area contributed by atoms with Gasteiger partial charge in [0, 0.05) is 6.61 Å². The number of carbonyl (C=O) groups is 2. The minimum atomic E-state index is -3.55. The number of rotatable bonds is 9. The zero-order chi connectivity index (χ0) is 31.7. The first-order valence-electron chi connectivity index (χ1n) is 13.8. The van der Waals surface area contributed by atoms with E-state index in [9.17, 15) is 26.4 Å². The number of fused-ring (bicyclic) bond motifs is 2. The van der Waals surface area contributed by atoms with Gasteiger partial charge in [-0.3, -0.25) is 13.9 Å². The molecule has 0 fully saturated rings. The fourth-order valence-electron chi connectivity index (χ4n) is 3.95. The molecule has 0 spiro atoms. The van der Waals surface area contributed by atoms with Crippen molar-refractivity contribution < 1.29 is 35.8 Å². The Morgan fingerprint density at radius 1 is 0.651 bits per heavy atom. The Morgan fingerprint density at radius 3 is 1.49 bits per heavy atom. The number of aliphatic hydroxyl groups excluding tert-OH is 1. The van der Waals surface area contributed by atoms with Gasteiger partial charge in [0.15, 0.2) is 0 Å². The van der Waals surface area contributed by atoms with Gasteiger partial charge in [0.1, 0.15) is 9.79 Å². The van der Waals surface area contributed by atoms with Crippen molar-refractivity contribution in [3.63, 3.8) is 0 Å². The van der Waals surface area contributed by atoms with Gasteiger partial charge in [0.25, 0.3) is 31.9 Å². The SMILES string of the molecule is CCCCCCCCCO.ClOCc1ccccc1.O=C1NS(=O)(=O)c2ccccc21.O=C1NS(=O)(=O)c2ccccc21. The lowest BCUT2D eigenvalue weighted by molar-refractivity contribution is 0.0976. The van der Waals surface area contributed by atoms with Crippen LogP contribution >= 0.6 is 11.9 Å². The van der Waals surface area contributed by atoms with Crippen LogP contribution in [0.15, 0.2) is 88.7 Å². The molecule has 0 aromatic heterocycles. The number of unbranched alkanes of at least 4 members (excludes halogenated alkanes) is 6. The second kappa shape index (κ2) is 18.4. The molecule has 0 saturated carbocycles. The van der Waals surface area contributed by atoms with Gasteiger partial charge in [-0.15, -0.1) is 0 Å². The average molecular weight is 653 g/mol. The highest BCUT2D eigenvalue weighted by atomic mass is 35.5. The molecule has 0 radical (unpaired) electrons. The normalized spacial score (nSPS) is 14.7. The van der Waals surface area contributed by atoms with E-state index in [-0.39, 0.29) is 20.9 Å². The summed E-state index contributed by atoms with van der Waals surface area (Å²) < 4.78 is 52.7. The number of halogens is 1. The van der Waals surface area contributed by atoms with E-state index in [1.807, 2.05) is 39.8 Å². The molecule has 2 heterocycles. The Kier molecular flexibility index (Phi) is 15.4. The van der Waals surface area contributed by atoms with Crippen LogP contribution in [0.1, 0.15) is 78.1 Å². The molecular formula is C30H37ClN2O8S2. The number of nitrogens with one attached hydrogen (secondary N) is 2. The first kappa shape index (κ1) is 35.9. The predicted octanol–water partition coefficient (Wildman–Crippen LogP) is 5.32.